The Morgan fingerprint density at radius 2 is 1.80 bits per heavy atom. The highest BCUT2D eigenvalue weighted by atomic mass is 35.5. The van der Waals surface area contributed by atoms with E-state index >= 15 is 0 Å². The molecule has 0 unspecified atom stereocenters. The lowest BCUT2D eigenvalue weighted by Gasteiger charge is -2.23. The number of carbonyl (C=O) groups is 3. The maximum atomic E-state index is 14.1. The molecule has 4 rings (SSSR count). The largest absolute Gasteiger partial charge is 0.351 e. The van der Waals surface area contributed by atoms with Crippen LogP contribution in [0.15, 0.2) is 64.7 Å². The predicted molar refractivity (Wildman–Crippen MR) is 110 cm³/mol. The Morgan fingerprint density at radius 1 is 1.07 bits per heavy atom. The van der Waals surface area contributed by atoms with Gasteiger partial charge in [0.05, 0.1) is 0 Å². The van der Waals surface area contributed by atoms with Crippen LogP contribution in [0.4, 0.5) is 9.18 Å². The quantitative estimate of drug-likeness (QED) is 0.799. The summed E-state index contributed by atoms with van der Waals surface area (Å²) >= 11 is 6.05. The number of halogens is 2. The maximum absolute atomic E-state index is 14.1. The molecule has 0 saturated carbocycles. The Balaban J connectivity index is 1.48. The molecule has 0 aliphatic carbocycles. The maximum Gasteiger partial charge on any atom is 0.351 e. The number of rotatable bonds is 5. The molecule has 2 aliphatic heterocycles. The minimum Gasteiger partial charge on any atom is -0.350 e. The summed E-state index contributed by atoms with van der Waals surface area (Å²) in [5, 5.41) is 3.10. The Kier molecular flexibility index (Phi) is 5.24. The summed E-state index contributed by atoms with van der Waals surface area (Å²) in [6, 6.07) is 12.0. The van der Waals surface area contributed by atoms with Crippen LogP contribution in [0, 0.1) is 5.82 Å². The van der Waals surface area contributed by atoms with Gasteiger partial charge in [-0.15, -0.1) is 0 Å². The number of aliphatic imine (C=N–C) groups is 2. The molecule has 0 fully saturated rings. The van der Waals surface area contributed by atoms with Gasteiger partial charge in [-0.2, -0.15) is 4.99 Å². The van der Waals surface area contributed by atoms with E-state index in [9.17, 15) is 18.8 Å². The van der Waals surface area contributed by atoms with Gasteiger partial charge in [-0.25, -0.2) is 19.1 Å². The van der Waals surface area contributed by atoms with Crippen LogP contribution in [0.2, 0.25) is 5.02 Å². The van der Waals surface area contributed by atoms with E-state index in [1.807, 2.05) is 0 Å². The Bertz CT molecular complexity index is 1170. The van der Waals surface area contributed by atoms with Crippen LogP contribution in [-0.2, 0) is 16.1 Å². The number of amides is 4. The normalized spacial score (nSPS) is 15.4. The summed E-state index contributed by atoms with van der Waals surface area (Å²) in [5.41, 5.74) is 1.02. The number of urea groups is 1. The van der Waals surface area contributed by atoms with Gasteiger partial charge in [-0.3, -0.25) is 9.59 Å². The molecule has 9 heteroatoms. The zero-order chi connectivity index (χ0) is 21.3. The Hall–Kier alpha value is -3.65. The first kappa shape index (κ1) is 19.7. The minimum absolute atomic E-state index is 0.00262. The van der Waals surface area contributed by atoms with Crippen LogP contribution in [0.25, 0.3) is 5.57 Å². The molecular formula is C21H14ClFN4O3. The van der Waals surface area contributed by atoms with Gasteiger partial charge < -0.3 is 5.32 Å². The molecule has 4 amide bonds. The van der Waals surface area contributed by atoms with E-state index < -0.39 is 30.2 Å². The summed E-state index contributed by atoms with van der Waals surface area (Å²) in [6.45, 7) is -0.379. The highest BCUT2D eigenvalue weighted by Gasteiger charge is 2.39. The van der Waals surface area contributed by atoms with Crippen LogP contribution < -0.4 is 5.32 Å². The monoisotopic (exact) mass is 424 g/mol. The molecular weight excluding hydrogens is 411 g/mol. The van der Waals surface area contributed by atoms with Gasteiger partial charge >= 0.3 is 6.03 Å². The fourth-order valence-corrected chi connectivity index (χ4v) is 3.27. The second-order valence-electron chi connectivity index (χ2n) is 6.50. The van der Waals surface area contributed by atoms with Crippen molar-refractivity contribution in [3.05, 3.63) is 76.7 Å². The van der Waals surface area contributed by atoms with E-state index in [4.69, 9.17) is 11.6 Å². The molecule has 0 radical (unpaired) electrons. The van der Waals surface area contributed by atoms with Gasteiger partial charge in [0.15, 0.2) is 5.71 Å². The number of allylic oxidation sites excluding steroid dienone is 1. The van der Waals surface area contributed by atoms with Crippen molar-refractivity contribution in [3.8, 4) is 0 Å². The minimum atomic E-state index is -0.911. The second-order valence-corrected chi connectivity index (χ2v) is 6.91. The predicted octanol–water partition coefficient (Wildman–Crippen LogP) is 2.99. The van der Waals surface area contributed by atoms with Crippen LogP contribution in [0.1, 0.15) is 11.1 Å². The molecule has 2 heterocycles. The number of imide groups is 1. The van der Waals surface area contributed by atoms with E-state index in [0.717, 1.165) is 0 Å². The summed E-state index contributed by atoms with van der Waals surface area (Å²) in [6.07, 6.45) is 1.29. The zero-order valence-electron chi connectivity index (χ0n) is 15.4. The lowest BCUT2D eigenvalue weighted by atomic mass is 9.99. The van der Waals surface area contributed by atoms with E-state index in [1.165, 1.54) is 24.4 Å². The van der Waals surface area contributed by atoms with Crippen molar-refractivity contribution in [3.63, 3.8) is 0 Å². The number of hydrogen-bond acceptors (Lipinski definition) is 4. The summed E-state index contributed by atoms with van der Waals surface area (Å²) < 4.78 is 14.1. The average Bonchev–Trinajstić information content (AvgIpc) is 3.14. The average molecular weight is 425 g/mol. The molecule has 2 aliphatic rings. The Labute approximate surface area is 175 Å². The zero-order valence-corrected chi connectivity index (χ0v) is 16.2. The second kappa shape index (κ2) is 8.00. The number of nitrogens with zero attached hydrogens (tertiary/aromatic N) is 3. The summed E-state index contributed by atoms with van der Waals surface area (Å²) in [4.78, 5) is 46.0. The number of nitrogens with one attached hydrogen (secondary N) is 1. The van der Waals surface area contributed by atoms with Crippen molar-refractivity contribution >= 4 is 46.4 Å². The Morgan fingerprint density at radius 3 is 2.57 bits per heavy atom. The molecule has 30 heavy (non-hydrogen) atoms. The summed E-state index contributed by atoms with van der Waals surface area (Å²) in [7, 11) is 0. The van der Waals surface area contributed by atoms with E-state index in [2.05, 4.69) is 15.3 Å². The number of fused-ring (bicyclic) bond motifs is 1. The van der Waals surface area contributed by atoms with Crippen LogP contribution >= 0.6 is 11.6 Å². The highest BCUT2D eigenvalue weighted by molar-refractivity contribution is 6.78. The first-order valence-electron chi connectivity index (χ1n) is 8.94. The van der Waals surface area contributed by atoms with E-state index in [-0.39, 0.29) is 29.1 Å². The van der Waals surface area contributed by atoms with Crippen molar-refractivity contribution in [1.82, 2.24) is 10.2 Å². The third kappa shape index (κ3) is 3.65. The van der Waals surface area contributed by atoms with E-state index in [0.29, 0.717) is 15.5 Å². The summed E-state index contributed by atoms with van der Waals surface area (Å²) in [5.74, 6) is -1.85. The van der Waals surface area contributed by atoms with Crippen molar-refractivity contribution < 1.29 is 18.8 Å². The van der Waals surface area contributed by atoms with Gasteiger partial charge in [0.2, 0.25) is 5.91 Å². The first-order valence-corrected chi connectivity index (χ1v) is 9.31. The highest BCUT2D eigenvalue weighted by Crippen LogP contribution is 2.27. The lowest BCUT2D eigenvalue weighted by Crippen LogP contribution is -2.50. The van der Waals surface area contributed by atoms with Crippen molar-refractivity contribution in [2.75, 3.05) is 6.54 Å². The van der Waals surface area contributed by atoms with Crippen LogP contribution in [0.5, 0.6) is 0 Å². The van der Waals surface area contributed by atoms with Crippen molar-refractivity contribution in [2.24, 2.45) is 9.98 Å². The smallest absolute Gasteiger partial charge is 0.350 e. The van der Waals surface area contributed by atoms with Crippen molar-refractivity contribution in [1.29, 1.82) is 0 Å². The number of hydrogen-bond donors (Lipinski definition) is 1. The van der Waals surface area contributed by atoms with Crippen LogP contribution in [-0.4, -0.2) is 40.7 Å². The molecule has 0 bridgehead atoms. The number of carbonyl (C=O) groups excluding carboxylic acids is 3. The molecule has 150 valence electrons. The molecule has 1 N–H and O–H groups in total. The molecule has 0 aromatic heterocycles. The molecule has 0 saturated heterocycles. The molecule has 2 aromatic carbocycles. The van der Waals surface area contributed by atoms with Gasteiger partial charge in [0.1, 0.15) is 18.1 Å². The number of benzene rings is 2. The standard InChI is InChI=1S/C21H14ClFN4O3/c22-15-7-3-1-5-12(15)9-24-17(28)11-27-20(29)19-18(26-21(27)30)14(10-25-19)13-6-2-4-8-16(13)23/h1-8,10H,9,11H2,(H,24,28). The molecule has 7 nitrogen and oxygen atoms in total. The molecule has 0 spiro atoms. The third-order valence-electron chi connectivity index (χ3n) is 4.59. The fraction of sp³-hybridized carbons (Fsp3) is 0.0952. The van der Waals surface area contributed by atoms with E-state index in [1.54, 1.807) is 30.3 Å². The molecule has 0 atom stereocenters. The van der Waals surface area contributed by atoms with Gasteiger partial charge in [-0.05, 0) is 17.7 Å². The molecule has 2 aromatic rings. The van der Waals surface area contributed by atoms with Crippen LogP contribution in [0.3, 0.4) is 0 Å². The fourth-order valence-electron chi connectivity index (χ4n) is 3.07. The lowest BCUT2D eigenvalue weighted by molar-refractivity contribution is -0.128. The first-order chi connectivity index (χ1) is 14.5. The topological polar surface area (TPSA) is 91.2 Å². The van der Waals surface area contributed by atoms with Gasteiger partial charge in [0, 0.05) is 28.9 Å². The third-order valence-corrected chi connectivity index (χ3v) is 4.96. The SMILES string of the molecule is O=C(CN1C(=O)N=C2C(c3ccccc3F)=CN=C2C1=O)NCc1ccccc1Cl. The van der Waals surface area contributed by atoms with Gasteiger partial charge in [0.25, 0.3) is 5.91 Å². The van der Waals surface area contributed by atoms with Gasteiger partial charge in [-0.1, -0.05) is 48.0 Å². The van der Waals surface area contributed by atoms with Crippen molar-refractivity contribution in [2.45, 2.75) is 6.54 Å².